The zero-order valence-electron chi connectivity index (χ0n) is 10.2. The fraction of sp³-hybridized carbons (Fsp3) is 0.231. The van der Waals surface area contributed by atoms with Crippen molar-refractivity contribution in [3.8, 4) is 5.75 Å². The molecule has 0 saturated carbocycles. The lowest BCUT2D eigenvalue weighted by molar-refractivity contribution is 0.0935. The van der Waals surface area contributed by atoms with Crippen molar-refractivity contribution in [1.82, 2.24) is 10.3 Å². The fourth-order valence-electron chi connectivity index (χ4n) is 1.76. The van der Waals surface area contributed by atoms with E-state index in [9.17, 15) is 14.7 Å². The molecule has 3 N–H and O–H groups in total. The maximum atomic E-state index is 11.8. The van der Waals surface area contributed by atoms with Crippen LogP contribution in [0.15, 0.2) is 29.1 Å². The second kappa shape index (κ2) is 4.52. The van der Waals surface area contributed by atoms with Crippen LogP contribution in [0.4, 0.5) is 0 Å². The van der Waals surface area contributed by atoms with Gasteiger partial charge in [0.05, 0.1) is 5.39 Å². The third-order valence-corrected chi connectivity index (χ3v) is 2.55. The molecule has 0 bridgehead atoms. The Kier molecular flexibility index (Phi) is 3.06. The molecule has 5 heteroatoms. The van der Waals surface area contributed by atoms with Gasteiger partial charge in [-0.15, -0.1) is 0 Å². The number of carbonyl (C=O) groups excluding carboxylic acids is 1. The number of hydrogen-bond donors (Lipinski definition) is 3. The van der Waals surface area contributed by atoms with E-state index in [1.54, 1.807) is 38.1 Å². The molecule has 94 valence electrons. The maximum Gasteiger partial charge on any atom is 0.271 e. The van der Waals surface area contributed by atoms with Crippen molar-refractivity contribution in [1.29, 1.82) is 0 Å². The van der Waals surface area contributed by atoms with E-state index in [1.807, 2.05) is 0 Å². The summed E-state index contributed by atoms with van der Waals surface area (Å²) in [5.41, 5.74) is -0.496. The molecule has 1 aromatic heterocycles. The average molecular weight is 246 g/mol. The molecule has 0 spiro atoms. The molecule has 1 aromatic carbocycles. The van der Waals surface area contributed by atoms with Gasteiger partial charge in [-0.25, -0.2) is 0 Å². The minimum absolute atomic E-state index is 0.0770. The number of amides is 1. The first kappa shape index (κ1) is 12.2. The number of fused-ring (bicyclic) bond motifs is 1. The number of benzene rings is 1. The third-order valence-electron chi connectivity index (χ3n) is 2.55. The lowest BCUT2D eigenvalue weighted by Gasteiger charge is -2.10. The summed E-state index contributed by atoms with van der Waals surface area (Å²) in [6, 6.07) is 6.52. The molecule has 2 rings (SSSR count). The van der Waals surface area contributed by atoms with Crippen LogP contribution in [0.3, 0.4) is 0 Å². The van der Waals surface area contributed by atoms with E-state index >= 15 is 0 Å². The van der Waals surface area contributed by atoms with Crippen LogP contribution in [-0.4, -0.2) is 22.0 Å². The molecule has 0 radical (unpaired) electrons. The van der Waals surface area contributed by atoms with E-state index in [1.165, 1.54) is 0 Å². The molecule has 0 atom stereocenters. The Hall–Kier alpha value is -2.30. The van der Waals surface area contributed by atoms with Gasteiger partial charge in [-0.2, -0.15) is 0 Å². The summed E-state index contributed by atoms with van der Waals surface area (Å²) in [4.78, 5) is 26.0. The molecule has 1 heterocycles. The predicted molar refractivity (Wildman–Crippen MR) is 68.8 cm³/mol. The molecule has 0 aliphatic carbocycles. The van der Waals surface area contributed by atoms with E-state index in [0.717, 1.165) is 0 Å². The van der Waals surface area contributed by atoms with Crippen molar-refractivity contribution in [3.63, 3.8) is 0 Å². The van der Waals surface area contributed by atoms with E-state index in [-0.39, 0.29) is 17.5 Å². The first-order valence-corrected chi connectivity index (χ1v) is 5.65. The van der Waals surface area contributed by atoms with Crippen LogP contribution in [0.25, 0.3) is 10.8 Å². The summed E-state index contributed by atoms with van der Waals surface area (Å²) >= 11 is 0. The SMILES string of the molecule is CC(C)NC(=O)c1[nH]c(=O)c2ccccc2c1O. The molecule has 1 amide bonds. The quantitative estimate of drug-likeness (QED) is 0.748. The summed E-state index contributed by atoms with van der Waals surface area (Å²) in [6.45, 7) is 3.60. The Morgan fingerprint density at radius 2 is 1.89 bits per heavy atom. The molecular weight excluding hydrogens is 232 g/mol. The van der Waals surface area contributed by atoms with Crippen molar-refractivity contribution in [2.45, 2.75) is 19.9 Å². The molecule has 18 heavy (non-hydrogen) atoms. The number of carbonyl (C=O) groups is 1. The standard InChI is InChI=1S/C13H14N2O3/c1-7(2)14-13(18)10-11(16)8-5-3-4-6-9(8)12(17)15-10/h3-7,16H,1-2H3,(H,14,18)(H,15,17). The second-order valence-corrected chi connectivity index (χ2v) is 4.35. The third kappa shape index (κ3) is 2.07. The Labute approximate surface area is 103 Å². The van der Waals surface area contributed by atoms with Crippen molar-refractivity contribution in [2.75, 3.05) is 0 Å². The number of pyridine rings is 1. The fourth-order valence-corrected chi connectivity index (χ4v) is 1.76. The van der Waals surface area contributed by atoms with E-state index in [2.05, 4.69) is 10.3 Å². The van der Waals surface area contributed by atoms with Gasteiger partial charge in [-0.05, 0) is 19.9 Å². The number of aromatic nitrogens is 1. The van der Waals surface area contributed by atoms with Crippen molar-refractivity contribution >= 4 is 16.7 Å². The zero-order chi connectivity index (χ0) is 13.3. The lowest BCUT2D eigenvalue weighted by Crippen LogP contribution is -2.32. The van der Waals surface area contributed by atoms with Crippen molar-refractivity contribution in [3.05, 3.63) is 40.3 Å². The lowest BCUT2D eigenvalue weighted by atomic mass is 10.1. The van der Waals surface area contributed by atoms with Gasteiger partial charge in [0.1, 0.15) is 5.69 Å². The minimum Gasteiger partial charge on any atom is -0.505 e. The molecular formula is C13H14N2O3. The maximum absolute atomic E-state index is 11.8. The van der Waals surface area contributed by atoms with Gasteiger partial charge < -0.3 is 15.4 Å². The van der Waals surface area contributed by atoms with Crippen LogP contribution in [0.2, 0.25) is 0 Å². The summed E-state index contributed by atoms with van der Waals surface area (Å²) in [5.74, 6) is -0.700. The van der Waals surface area contributed by atoms with E-state index in [4.69, 9.17) is 0 Å². The molecule has 0 fully saturated rings. The van der Waals surface area contributed by atoms with Gasteiger partial charge in [0.15, 0.2) is 5.75 Å². The summed E-state index contributed by atoms with van der Waals surface area (Å²) in [5, 5.41) is 13.4. The number of rotatable bonds is 2. The highest BCUT2D eigenvalue weighted by molar-refractivity contribution is 6.01. The minimum atomic E-state index is -0.495. The van der Waals surface area contributed by atoms with Crippen LogP contribution in [-0.2, 0) is 0 Å². The van der Waals surface area contributed by atoms with Gasteiger partial charge >= 0.3 is 0 Å². The normalized spacial score (nSPS) is 10.8. The smallest absolute Gasteiger partial charge is 0.271 e. The average Bonchev–Trinajstić information content (AvgIpc) is 2.33. The zero-order valence-corrected chi connectivity index (χ0v) is 10.2. The summed E-state index contributed by atoms with van der Waals surface area (Å²) in [6.07, 6.45) is 0. The topological polar surface area (TPSA) is 82.2 Å². The van der Waals surface area contributed by atoms with Gasteiger partial charge in [0.25, 0.3) is 11.5 Å². The van der Waals surface area contributed by atoms with Gasteiger partial charge in [0.2, 0.25) is 0 Å². The van der Waals surface area contributed by atoms with Gasteiger partial charge in [0, 0.05) is 11.4 Å². The van der Waals surface area contributed by atoms with Crippen molar-refractivity contribution in [2.24, 2.45) is 0 Å². The molecule has 0 aliphatic heterocycles. The van der Waals surface area contributed by atoms with Gasteiger partial charge in [-0.3, -0.25) is 9.59 Å². The molecule has 2 aromatic rings. The largest absolute Gasteiger partial charge is 0.505 e. The van der Waals surface area contributed by atoms with Crippen molar-refractivity contribution < 1.29 is 9.90 Å². The molecule has 0 aliphatic rings. The highest BCUT2D eigenvalue weighted by atomic mass is 16.3. The van der Waals surface area contributed by atoms with Crippen LogP contribution in [0.1, 0.15) is 24.3 Å². The Morgan fingerprint density at radius 3 is 2.50 bits per heavy atom. The summed E-state index contributed by atoms with van der Waals surface area (Å²) < 4.78 is 0. The number of aromatic amines is 1. The highest BCUT2D eigenvalue weighted by Gasteiger charge is 2.16. The second-order valence-electron chi connectivity index (χ2n) is 4.35. The van der Waals surface area contributed by atoms with E-state index in [0.29, 0.717) is 10.8 Å². The van der Waals surface area contributed by atoms with Crippen LogP contribution in [0, 0.1) is 0 Å². The number of hydrogen-bond acceptors (Lipinski definition) is 3. The highest BCUT2D eigenvalue weighted by Crippen LogP contribution is 2.24. The monoisotopic (exact) mass is 246 g/mol. The summed E-state index contributed by atoms with van der Waals surface area (Å²) in [7, 11) is 0. The van der Waals surface area contributed by atoms with Gasteiger partial charge in [-0.1, -0.05) is 18.2 Å². The first-order chi connectivity index (χ1) is 8.50. The Balaban J connectivity index is 2.63. The van der Waals surface area contributed by atoms with Crippen LogP contribution < -0.4 is 10.9 Å². The van der Waals surface area contributed by atoms with E-state index < -0.39 is 11.5 Å². The number of nitrogens with one attached hydrogen (secondary N) is 2. The Morgan fingerprint density at radius 1 is 1.28 bits per heavy atom. The predicted octanol–water partition coefficient (Wildman–Crippen LogP) is 1.37. The van der Waals surface area contributed by atoms with Crippen LogP contribution >= 0.6 is 0 Å². The van der Waals surface area contributed by atoms with Crippen LogP contribution in [0.5, 0.6) is 5.75 Å². The first-order valence-electron chi connectivity index (χ1n) is 5.65. The Bertz CT molecular complexity index is 659. The molecule has 0 unspecified atom stereocenters. The molecule has 5 nitrogen and oxygen atoms in total. The number of H-pyrrole nitrogens is 1. The number of aromatic hydroxyl groups is 1. The molecule has 0 saturated heterocycles.